The minimum absolute atomic E-state index is 0.0339. The van der Waals surface area contributed by atoms with Crippen molar-refractivity contribution in [2.75, 3.05) is 26.3 Å². The molecule has 0 aromatic carbocycles. The number of rotatable bonds is 7. The smallest absolute Gasteiger partial charge is 0.227 e. The van der Waals surface area contributed by atoms with Crippen molar-refractivity contribution in [3.63, 3.8) is 0 Å². The molecular formula is C14H27N3O3. The van der Waals surface area contributed by atoms with Gasteiger partial charge in [-0.25, -0.2) is 0 Å². The molecule has 0 aliphatic carbocycles. The van der Waals surface area contributed by atoms with Gasteiger partial charge in [0.1, 0.15) is 0 Å². The highest BCUT2D eigenvalue weighted by Crippen LogP contribution is 2.29. The molecule has 1 fully saturated rings. The van der Waals surface area contributed by atoms with Crippen molar-refractivity contribution in [1.29, 1.82) is 0 Å². The lowest BCUT2D eigenvalue weighted by molar-refractivity contribution is -0.136. The second-order valence-electron chi connectivity index (χ2n) is 5.48. The van der Waals surface area contributed by atoms with Crippen LogP contribution in [0.4, 0.5) is 0 Å². The van der Waals surface area contributed by atoms with E-state index in [1.807, 2.05) is 13.8 Å². The number of amides is 2. The first kappa shape index (κ1) is 16.9. The largest absolute Gasteiger partial charge is 0.381 e. The quantitative estimate of drug-likeness (QED) is 0.621. The number of hydrogen-bond donors (Lipinski definition) is 3. The van der Waals surface area contributed by atoms with Crippen LogP contribution in [0, 0.1) is 5.41 Å². The molecule has 1 aliphatic heterocycles. The third kappa shape index (κ3) is 4.76. The average Bonchev–Trinajstić information content (AvgIpc) is 2.47. The molecule has 0 aromatic rings. The molecule has 1 unspecified atom stereocenters. The number of carbonyl (C=O) groups excluding carboxylic acids is 2. The summed E-state index contributed by atoms with van der Waals surface area (Å²) in [6.07, 6.45) is 2.49. The Bertz CT molecular complexity index is 328. The summed E-state index contributed by atoms with van der Waals surface area (Å²) in [5.74, 6) is -0.0898. The molecule has 1 atom stereocenters. The van der Waals surface area contributed by atoms with Crippen LogP contribution < -0.4 is 16.4 Å². The fourth-order valence-electron chi connectivity index (χ4n) is 2.21. The topological polar surface area (TPSA) is 93.5 Å². The van der Waals surface area contributed by atoms with Gasteiger partial charge in [-0.1, -0.05) is 6.92 Å². The van der Waals surface area contributed by atoms with Crippen molar-refractivity contribution in [1.82, 2.24) is 10.6 Å². The highest BCUT2D eigenvalue weighted by atomic mass is 16.5. The van der Waals surface area contributed by atoms with E-state index < -0.39 is 5.41 Å². The Morgan fingerprint density at radius 3 is 2.55 bits per heavy atom. The zero-order valence-corrected chi connectivity index (χ0v) is 12.5. The lowest BCUT2D eigenvalue weighted by Crippen LogP contribution is -2.49. The van der Waals surface area contributed by atoms with Crippen LogP contribution in [0.15, 0.2) is 0 Å². The maximum Gasteiger partial charge on any atom is 0.227 e. The van der Waals surface area contributed by atoms with E-state index in [1.54, 1.807) is 0 Å². The zero-order valence-electron chi connectivity index (χ0n) is 12.5. The summed E-state index contributed by atoms with van der Waals surface area (Å²) in [5.41, 5.74) is 5.24. The number of ether oxygens (including phenoxy) is 1. The van der Waals surface area contributed by atoms with Crippen LogP contribution in [0.2, 0.25) is 0 Å². The van der Waals surface area contributed by atoms with E-state index in [0.29, 0.717) is 45.6 Å². The van der Waals surface area contributed by atoms with E-state index in [2.05, 4.69) is 10.6 Å². The summed E-state index contributed by atoms with van der Waals surface area (Å²) in [4.78, 5) is 23.8. The molecule has 1 rings (SSSR count). The fraction of sp³-hybridized carbons (Fsp3) is 0.857. The van der Waals surface area contributed by atoms with Gasteiger partial charge in [0, 0.05) is 38.8 Å². The van der Waals surface area contributed by atoms with E-state index in [-0.39, 0.29) is 17.9 Å². The van der Waals surface area contributed by atoms with Crippen LogP contribution in [0.25, 0.3) is 0 Å². The van der Waals surface area contributed by atoms with Crippen LogP contribution >= 0.6 is 0 Å². The normalized spacial score (nSPS) is 19.1. The van der Waals surface area contributed by atoms with Crippen molar-refractivity contribution >= 4 is 11.8 Å². The monoisotopic (exact) mass is 285 g/mol. The van der Waals surface area contributed by atoms with Crippen molar-refractivity contribution in [2.45, 2.75) is 45.6 Å². The van der Waals surface area contributed by atoms with Crippen molar-refractivity contribution in [2.24, 2.45) is 11.1 Å². The first-order valence-electron chi connectivity index (χ1n) is 7.39. The molecule has 2 amide bonds. The highest BCUT2D eigenvalue weighted by molar-refractivity contribution is 5.84. The molecule has 0 radical (unpaired) electrons. The minimum Gasteiger partial charge on any atom is -0.381 e. The van der Waals surface area contributed by atoms with Crippen molar-refractivity contribution < 1.29 is 14.3 Å². The molecule has 20 heavy (non-hydrogen) atoms. The highest BCUT2D eigenvalue weighted by Gasteiger charge is 2.38. The Labute approximate surface area is 120 Å². The molecule has 6 heteroatoms. The van der Waals surface area contributed by atoms with Gasteiger partial charge < -0.3 is 21.1 Å². The standard InChI is InChI=1S/C14H27N3O3/c1-3-11(2)17-12(18)4-7-16-13(19)14(10-15)5-8-20-9-6-14/h11H,3-10,15H2,1-2H3,(H,16,19)(H,17,18). The van der Waals surface area contributed by atoms with Gasteiger partial charge in [0.2, 0.25) is 11.8 Å². The van der Waals surface area contributed by atoms with Gasteiger partial charge in [-0.2, -0.15) is 0 Å². The van der Waals surface area contributed by atoms with Crippen molar-refractivity contribution in [3.8, 4) is 0 Å². The average molecular weight is 285 g/mol. The summed E-state index contributed by atoms with van der Waals surface area (Å²) < 4.78 is 5.28. The van der Waals surface area contributed by atoms with Gasteiger partial charge in [-0.05, 0) is 26.2 Å². The molecule has 6 nitrogen and oxygen atoms in total. The molecule has 0 spiro atoms. The molecule has 0 aromatic heterocycles. The maximum atomic E-state index is 12.2. The fourth-order valence-corrected chi connectivity index (χ4v) is 2.21. The third-order valence-electron chi connectivity index (χ3n) is 3.98. The second kappa shape index (κ2) is 8.21. The summed E-state index contributed by atoms with van der Waals surface area (Å²) in [6.45, 7) is 5.79. The van der Waals surface area contributed by atoms with Gasteiger partial charge in [0.25, 0.3) is 0 Å². The van der Waals surface area contributed by atoms with E-state index in [9.17, 15) is 9.59 Å². The molecule has 0 bridgehead atoms. The summed E-state index contributed by atoms with van der Waals surface area (Å²) in [6, 6.07) is 0.170. The number of nitrogens with one attached hydrogen (secondary N) is 2. The summed E-state index contributed by atoms with van der Waals surface area (Å²) in [7, 11) is 0. The predicted molar refractivity (Wildman–Crippen MR) is 77.1 cm³/mol. The maximum absolute atomic E-state index is 12.2. The first-order valence-corrected chi connectivity index (χ1v) is 7.39. The Morgan fingerprint density at radius 1 is 1.35 bits per heavy atom. The SMILES string of the molecule is CCC(C)NC(=O)CCNC(=O)C1(CN)CCOCC1. The number of nitrogens with two attached hydrogens (primary N) is 1. The predicted octanol–water partition coefficient (Wildman–Crippen LogP) is 0.163. The Hall–Kier alpha value is -1.14. The van der Waals surface area contributed by atoms with Gasteiger partial charge in [-0.3, -0.25) is 9.59 Å². The van der Waals surface area contributed by atoms with Crippen LogP contribution in [0.3, 0.4) is 0 Å². The molecule has 1 saturated heterocycles. The minimum atomic E-state index is -0.522. The van der Waals surface area contributed by atoms with Crippen LogP contribution in [-0.2, 0) is 14.3 Å². The molecule has 4 N–H and O–H groups in total. The van der Waals surface area contributed by atoms with Gasteiger partial charge in [-0.15, -0.1) is 0 Å². The number of hydrogen-bond acceptors (Lipinski definition) is 4. The van der Waals surface area contributed by atoms with Crippen LogP contribution in [0.1, 0.15) is 39.5 Å². The van der Waals surface area contributed by atoms with Gasteiger partial charge in [0.15, 0.2) is 0 Å². The zero-order chi connectivity index (χ0) is 15.0. The Kier molecular flexibility index (Phi) is 6.95. The molecule has 0 saturated carbocycles. The molecule has 1 aliphatic rings. The molecule has 1 heterocycles. The summed E-state index contributed by atoms with van der Waals surface area (Å²) in [5, 5.41) is 5.70. The summed E-state index contributed by atoms with van der Waals surface area (Å²) >= 11 is 0. The first-order chi connectivity index (χ1) is 9.54. The van der Waals surface area contributed by atoms with Gasteiger partial charge >= 0.3 is 0 Å². The molecular weight excluding hydrogens is 258 g/mol. The van der Waals surface area contributed by atoms with E-state index in [0.717, 1.165) is 6.42 Å². The van der Waals surface area contributed by atoms with Gasteiger partial charge in [0.05, 0.1) is 5.41 Å². The lowest BCUT2D eigenvalue weighted by atomic mass is 9.79. The van der Waals surface area contributed by atoms with E-state index in [1.165, 1.54) is 0 Å². The third-order valence-corrected chi connectivity index (χ3v) is 3.98. The Balaban J connectivity index is 2.33. The molecule has 116 valence electrons. The van der Waals surface area contributed by atoms with E-state index >= 15 is 0 Å². The van der Waals surface area contributed by atoms with Crippen molar-refractivity contribution in [3.05, 3.63) is 0 Å². The van der Waals surface area contributed by atoms with Crippen LogP contribution in [0.5, 0.6) is 0 Å². The second-order valence-corrected chi connectivity index (χ2v) is 5.48. The Morgan fingerprint density at radius 2 is 2.00 bits per heavy atom. The van der Waals surface area contributed by atoms with E-state index in [4.69, 9.17) is 10.5 Å². The van der Waals surface area contributed by atoms with Crippen LogP contribution in [-0.4, -0.2) is 44.2 Å². The number of carbonyl (C=O) groups is 2. The lowest BCUT2D eigenvalue weighted by Gasteiger charge is -2.34.